The molecule has 1 aromatic heterocycles. The molecule has 0 saturated carbocycles. The van der Waals surface area contributed by atoms with Gasteiger partial charge in [0.15, 0.2) is 0 Å². The van der Waals surface area contributed by atoms with Gasteiger partial charge in [0.1, 0.15) is 0 Å². The molecule has 0 aliphatic rings. The third-order valence-corrected chi connectivity index (χ3v) is 2.86. The Morgan fingerprint density at radius 1 is 1.28 bits per heavy atom. The first-order valence-electron chi connectivity index (χ1n) is 6.00. The van der Waals surface area contributed by atoms with E-state index in [0.717, 1.165) is 13.0 Å². The molecule has 0 fully saturated rings. The molecule has 0 aliphatic carbocycles. The maximum absolute atomic E-state index is 4.12. The van der Waals surface area contributed by atoms with E-state index in [2.05, 4.69) is 58.5 Å². The van der Waals surface area contributed by atoms with Crippen LogP contribution in [-0.4, -0.2) is 17.5 Å². The lowest BCUT2D eigenvalue weighted by molar-refractivity contribution is 0.737. The van der Waals surface area contributed by atoms with Crippen molar-refractivity contribution in [1.29, 1.82) is 0 Å². The Labute approximate surface area is 107 Å². The van der Waals surface area contributed by atoms with E-state index in [0.29, 0.717) is 0 Å². The van der Waals surface area contributed by atoms with E-state index in [4.69, 9.17) is 0 Å². The molecule has 0 N–H and O–H groups in total. The Morgan fingerprint density at radius 3 is 2.94 bits per heavy atom. The Hall–Kier alpha value is -2.16. The molecule has 2 aromatic rings. The summed E-state index contributed by atoms with van der Waals surface area (Å²) in [6.07, 6.45) is 6.03. The highest BCUT2D eigenvalue weighted by molar-refractivity contribution is 5.81. The Bertz CT molecular complexity index is 591. The van der Waals surface area contributed by atoms with Crippen LogP contribution < -0.4 is 0 Å². The number of benzene rings is 1. The van der Waals surface area contributed by atoms with E-state index in [-0.39, 0.29) is 0 Å². The van der Waals surface area contributed by atoms with Crippen LogP contribution in [0.15, 0.2) is 52.7 Å². The quantitative estimate of drug-likeness (QED) is 0.714. The van der Waals surface area contributed by atoms with Crippen molar-refractivity contribution < 1.29 is 0 Å². The van der Waals surface area contributed by atoms with E-state index in [9.17, 15) is 0 Å². The molecule has 0 spiro atoms. The minimum Gasteiger partial charge on any atom is -0.345 e. The monoisotopic (exact) mass is 239 g/mol. The third kappa shape index (κ3) is 2.74. The van der Waals surface area contributed by atoms with E-state index >= 15 is 0 Å². The van der Waals surface area contributed by atoms with Gasteiger partial charge < -0.3 is 4.57 Å². The minimum atomic E-state index is 0.904. The van der Waals surface area contributed by atoms with Gasteiger partial charge in [-0.25, -0.2) is 0 Å². The molecular weight excluding hydrogens is 222 g/mol. The van der Waals surface area contributed by atoms with Gasteiger partial charge in [-0.1, -0.05) is 18.2 Å². The van der Waals surface area contributed by atoms with Crippen LogP contribution in [0.25, 0.3) is 10.9 Å². The predicted molar refractivity (Wildman–Crippen MR) is 78.5 cm³/mol. The van der Waals surface area contributed by atoms with E-state index in [1.807, 2.05) is 6.21 Å². The molecule has 1 aromatic carbocycles. The summed E-state index contributed by atoms with van der Waals surface area (Å²) < 4.78 is 2.32. The molecule has 0 bridgehead atoms. The SMILES string of the molecule is C=N/C=C\N=CCCn1c(C)cc2ccccc21. The lowest BCUT2D eigenvalue weighted by atomic mass is 10.2. The zero-order valence-corrected chi connectivity index (χ0v) is 10.6. The maximum atomic E-state index is 4.12. The highest BCUT2D eigenvalue weighted by atomic mass is 15.0. The minimum absolute atomic E-state index is 0.904. The maximum Gasteiger partial charge on any atom is 0.0482 e. The number of fused-ring (bicyclic) bond motifs is 1. The van der Waals surface area contributed by atoms with Gasteiger partial charge in [0.2, 0.25) is 0 Å². The number of aromatic nitrogens is 1. The van der Waals surface area contributed by atoms with Gasteiger partial charge in [-0.3, -0.25) is 9.98 Å². The molecule has 92 valence electrons. The molecular formula is C15H17N3. The summed E-state index contributed by atoms with van der Waals surface area (Å²) >= 11 is 0. The van der Waals surface area contributed by atoms with E-state index < -0.39 is 0 Å². The standard InChI is InChI=1S/C15H17N3/c1-13-12-14-6-3-4-7-15(14)18(13)11-5-8-17-10-9-16-2/h3-4,6-10,12H,2,5,11H2,1H3/b10-9-,17-8?. The second kappa shape index (κ2) is 5.96. The molecule has 0 amide bonds. The van der Waals surface area contributed by atoms with Crippen LogP contribution in [0, 0.1) is 6.92 Å². The summed E-state index contributed by atoms with van der Waals surface area (Å²) in [5.74, 6) is 0. The van der Waals surface area contributed by atoms with Crippen molar-refractivity contribution in [2.75, 3.05) is 0 Å². The van der Waals surface area contributed by atoms with Crippen molar-refractivity contribution in [3.05, 3.63) is 48.4 Å². The van der Waals surface area contributed by atoms with Gasteiger partial charge in [0.05, 0.1) is 0 Å². The van der Waals surface area contributed by atoms with E-state index in [1.54, 1.807) is 12.4 Å². The molecule has 0 radical (unpaired) electrons. The first kappa shape index (κ1) is 12.3. The van der Waals surface area contributed by atoms with Crippen LogP contribution in [0.4, 0.5) is 0 Å². The fourth-order valence-corrected chi connectivity index (χ4v) is 2.05. The Morgan fingerprint density at radius 2 is 2.11 bits per heavy atom. The van der Waals surface area contributed by atoms with Crippen molar-refractivity contribution in [2.24, 2.45) is 9.98 Å². The van der Waals surface area contributed by atoms with Crippen molar-refractivity contribution in [2.45, 2.75) is 19.9 Å². The molecule has 0 unspecified atom stereocenters. The average Bonchev–Trinajstić information content (AvgIpc) is 2.70. The van der Waals surface area contributed by atoms with E-state index in [1.165, 1.54) is 16.6 Å². The van der Waals surface area contributed by atoms with Gasteiger partial charge in [0.25, 0.3) is 0 Å². The summed E-state index contributed by atoms with van der Waals surface area (Å²) in [6, 6.07) is 10.7. The van der Waals surface area contributed by atoms with Crippen LogP contribution in [0.1, 0.15) is 12.1 Å². The molecule has 0 saturated heterocycles. The van der Waals surface area contributed by atoms with Crippen molar-refractivity contribution in [1.82, 2.24) is 4.57 Å². The predicted octanol–water partition coefficient (Wildman–Crippen LogP) is 3.58. The fraction of sp³-hybridized carbons (Fsp3) is 0.200. The van der Waals surface area contributed by atoms with Crippen LogP contribution in [0.5, 0.6) is 0 Å². The lowest BCUT2D eigenvalue weighted by Crippen LogP contribution is -1.99. The second-order valence-electron chi connectivity index (χ2n) is 4.10. The average molecular weight is 239 g/mol. The number of para-hydroxylation sites is 1. The third-order valence-electron chi connectivity index (χ3n) is 2.86. The number of nitrogens with zero attached hydrogens (tertiary/aromatic N) is 3. The summed E-state index contributed by atoms with van der Waals surface area (Å²) in [7, 11) is 0. The highest BCUT2D eigenvalue weighted by Crippen LogP contribution is 2.19. The second-order valence-corrected chi connectivity index (χ2v) is 4.10. The van der Waals surface area contributed by atoms with Crippen molar-refractivity contribution >= 4 is 23.8 Å². The van der Waals surface area contributed by atoms with Crippen LogP contribution >= 0.6 is 0 Å². The topological polar surface area (TPSA) is 29.6 Å². The Balaban J connectivity index is 2.07. The van der Waals surface area contributed by atoms with Crippen LogP contribution in [0.3, 0.4) is 0 Å². The van der Waals surface area contributed by atoms with Gasteiger partial charge in [-0.05, 0) is 31.2 Å². The zero-order chi connectivity index (χ0) is 12.8. The fourth-order valence-electron chi connectivity index (χ4n) is 2.05. The number of hydrogen-bond acceptors (Lipinski definition) is 2. The highest BCUT2D eigenvalue weighted by Gasteiger charge is 2.03. The number of aliphatic imine (C=N–C) groups is 2. The summed E-state index contributed by atoms with van der Waals surface area (Å²) in [6.45, 7) is 6.43. The molecule has 0 atom stereocenters. The van der Waals surface area contributed by atoms with Crippen molar-refractivity contribution in [3.63, 3.8) is 0 Å². The Kier molecular flexibility index (Phi) is 4.07. The summed E-state index contributed by atoms with van der Waals surface area (Å²) in [5, 5.41) is 1.29. The largest absolute Gasteiger partial charge is 0.345 e. The van der Waals surface area contributed by atoms with Crippen molar-refractivity contribution in [3.8, 4) is 0 Å². The summed E-state index contributed by atoms with van der Waals surface area (Å²) in [5.41, 5.74) is 2.57. The van der Waals surface area contributed by atoms with Crippen LogP contribution in [0.2, 0.25) is 0 Å². The molecule has 2 rings (SSSR count). The molecule has 0 aliphatic heterocycles. The number of rotatable bonds is 5. The first-order chi connectivity index (χ1) is 8.83. The first-order valence-corrected chi connectivity index (χ1v) is 6.00. The van der Waals surface area contributed by atoms with Gasteiger partial charge >= 0.3 is 0 Å². The van der Waals surface area contributed by atoms with Gasteiger partial charge in [0, 0.05) is 42.8 Å². The smallest absolute Gasteiger partial charge is 0.0482 e. The lowest BCUT2D eigenvalue weighted by Gasteiger charge is -2.05. The van der Waals surface area contributed by atoms with Gasteiger partial charge in [-0.2, -0.15) is 0 Å². The summed E-state index contributed by atoms with van der Waals surface area (Å²) in [4.78, 5) is 7.71. The molecule has 18 heavy (non-hydrogen) atoms. The zero-order valence-electron chi connectivity index (χ0n) is 10.6. The van der Waals surface area contributed by atoms with Crippen LogP contribution in [-0.2, 0) is 6.54 Å². The molecule has 3 nitrogen and oxygen atoms in total. The number of hydrogen-bond donors (Lipinski definition) is 0. The molecule has 1 heterocycles. The van der Waals surface area contributed by atoms with Gasteiger partial charge in [-0.15, -0.1) is 0 Å². The number of aryl methyl sites for hydroxylation is 2. The molecule has 3 heteroatoms. The normalized spacial score (nSPS) is 11.8.